The molecular formula is C25H45ClN2O6. The van der Waals surface area contributed by atoms with Crippen LogP contribution in [-0.4, -0.2) is 70.4 Å². The number of aliphatic hydroxyl groups is 1. The van der Waals surface area contributed by atoms with E-state index in [9.17, 15) is 9.90 Å². The lowest BCUT2D eigenvalue weighted by Gasteiger charge is -2.28. The molecule has 1 amide bonds. The van der Waals surface area contributed by atoms with E-state index < -0.39 is 18.2 Å². The largest absolute Gasteiger partial charge is 0.493 e. The van der Waals surface area contributed by atoms with E-state index in [1.54, 1.807) is 14.2 Å². The highest BCUT2D eigenvalue weighted by molar-refractivity contribution is 5.85. The second-order valence-electron chi connectivity index (χ2n) is 8.73. The summed E-state index contributed by atoms with van der Waals surface area (Å²) in [7, 11) is 4.80. The lowest BCUT2D eigenvalue weighted by molar-refractivity contribution is -0.131. The quantitative estimate of drug-likeness (QED) is 0.279. The summed E-state index contributed by atoms with van der Waals surface area (Å²) in [5, 5.41) is 13.2. The Labute approximate surface area is 211 Å². The summed E-state index contributed by atoms with van der Waals surface area (Å²) in [4.78, 5) is 12.1. The molecule has 0 fully saturated rings. The summed E-state index contributed by atoms with van der Waals surface area (Å²) in [5.74, 6) is 1.79. The third-order valence-electron chi connectivity index (χ3n) is 5.92. The van der Waals surface area contributed by atoms with Crippen molar-refractivity contribution in [2.75, 3.05) is 41.1 Å². The lowest BCUT2D eigenvalue weighted by atomic mass is 9.83. The molecule has 0 spiro atoms. The van der Waals surface area contributed by atoms with Crippen molar-refractivity contribution in [2.45, 2.75) is 64.7 Å². The summed E-state index contributed by atoms with van der Waals surface area (Å²) in [5.41, 5.74) is 7.44. The van der Waals surface area contributed by atoms with Gasteiger partial charge in [0.05, 0.1) is 19.8 Å². The van der Waals surface area contributed by atoms with Gasteiger partial charge < -0.3 is 35.1 Å². The second-order valence-corrected chi connectivity index (χ2v) is 8.73. The maximum absolute atomic E-state index is 12.1. The molecule has 1 rings (SSSR count). The monoisotopic (exact) mass is 504 g/mol. The molecule has 0 heterocycles. The maximum Gasteiger partial charge on any atom is 0.249 e. The average Bonchev–Trinajstić information content (AvgIpc) is 2.80. The predicted octanol–water partition coefficient (Wildman–Crippen LogP) is 2.97. The minimum Gasteiger partial charge on any atom is -0.493 e. The van der Waals surface area contributed by atoms with Gasteiger partial charge in [0.25, 0.3) is 0 Å². The first-order valence-corrected chi connectivity index (χ1v) is 11.8. The molecule has 4 atom stereocenters. The molecule has 34 heavy (non-hydrogen) atoms. The van der Waals surface area contributed by atoms with Crippen LogP contribution in [0.15, 0.2) is 18.2 Å². The Hall–Kier alpha value is -1.58. The van der Waals surface area contributed by atoms with Crippen molar-refractivity contribution in [1.29, 1.82) is 0 Å². The van der Waals surface area contributed by atoms with Crippen LogP contribution in [0.4, 0.5) is 0 Å². The third-order valence-corrected chi connectivity index (χ3v) is 5.92. The number of halogens is 1. The summed E-state index contributed by atoms with van der Waals surface area (Å²) in [6.07, 6.45) is 1.44. The molecule has 1 aromatic carbocycles. The third kappa shape index (κ3) is 11.2. The molecule has 198 valence electrons. The van der Waals surface area contributed by atoms with E-state index in [4.69, 9.17) is 24.7 Å². The number of carbonyl (C=O) groups is 1. The zero-order valence-corrected chi connectivity index (χ0v) is 22.4. The number of ether oxygens (including phenoxy) is 4. The molecule has 4 N–H and O–H groups in total. The molecule has 1 aromatic rings. The summed E-state index contributed by atoms with van der Waals surface area (Å²) < 4.78 is 21.5. The van der Waals surface area contributed by atoms with Gasteiger partial charge in [0.2, 0.25) is 5.91 Å². The van der Waals surface area contributed by atoms with Crippen molar-refractivity contribution >= 4 is 18.3 Å². The van der Waals surface area contributed by atoms with E-state index in [-0.39, 0.29) is 30.8 Å². The number of benzene rings is 1. The fourth-order valence-corrected chi connectivity index (χ4v) is 3.68. The highest BCUT2D eigenvalue weighted by atomic mass is 35.5. The second kappa shape index (κ2) is 17.8. The van der Waals surface area contributed by atoms with Crippen LogP contribution in [-0.2, 0) is 20.7 Å². The Morgan fingerprint density at radius 3 is 2.41 bits per heavy atom. The van der Waals surface area contributed by atoms with E-state index in [1.807, 2.05) is 25.1 Å². The first-order chi connectivity index (χ1) is 15.8. The van der Waals surface area contributed by atoms with Crippen LogP contribution >= 0.6 is 12.4 Å². The van der Waals surface area contributed by atoms with Gasteiger partial charge in [-0.05, 0) is 48.8 Å². The van der Waals surface area contributed by atoms with Crippen LogP contribution in [0.5, 0.6) is 11.5 Å². The number of hydrogen-bond donors (Lipinski definition) is 3. The molecule has 9 heteroatoms. The van der Waals surface area contributed by atoms with Crippen LogP contribution < -0.4 is 20.5 Å². The van der Waals surface area contributed by atoms with Gasteiger partial charge in [-0.1, -0.05) is 26.8 Å². The topological polar surface area (TPSA) is 112 Å². The Morgan fingerprint density at radius 1 is 1.15 bits per heavy atom. The van der Waals surface area contributed by atoms with E-state index in [0.717, 1.165) is 18.4 Å². The lowest BCUT2D eigenvalue weighted by Crippen LogP contribution is -2.47. The highest BCUT2D eigenvalue weighted by Gasteiger charge is 2.24. The van der Waals surface area contributed by atoms with Gasteiger partial charge in [0.15, 0.2) is 11.5 Å². The number of hydrogen-bond acceptors (Lipinski definition) is 7. The van der Waals surface area contributed by atoms with Crippen LogP contribution in [0.1, 0.15) is 45.6 Å². The average molecular weight is 505 g/mol. The molecule has 0 aliphatic carbocycles. The molecule has 0 saturated carbocycles. The number of carbonyl (C=O) groups excluding carboxylic acids is 1. The van der Waals surface area contributed by atoms with Gasteiger partial charge >= 0.3 is 0 Å². The smallest absolute Gasteiger partial charge is 0.249 e. The molecule has 0 unspecified atom stereocenters. The van der Waals surface area contributed by atoms with Gasteiger partial charge in [-0.2, -0.15) is 0 Å². The Bertz CT molecular complexity index is 687. The molecule has 0 radical (unpaired) electrons. The Balaban J connectivity index is 0.0000109. The number of amides is 1. The first kappa shape index (κ1) is 32.4. The van der Waals surface area contributed by atoms with Crippen molar-refractivity contribution in [3.63, 3.8) is 0 Å². The van der Waals surface area contributed by atoms with Crippen molar-refractivity contribution < 1.29 is 28.8 Å². The van der Waals surface area contributed by atoms with E-state index in [1.165, 1.54) is 7.11 Å². The summed E-state index contributed by atoms with van der Waals surface area (Å²) >= 11 is 0. The SMILES string of the molecule is CC[C@@H](OC)C(=O)NC[C@H](O)[C@@H](N)C[C@H](Cc1ccc(OC)c(OCCCOC)c1)C(C)C.Cl. The minimum absolute atomic E-state index is 0. The Morgan fingerprint density at radius 2 is 1.85 bits per heavy atom. The molecular weight excluding hydrogens is 460 g/mol. The number of rotatable bonds is 17. The van der Waals surface area contributed by atoms with Gasteiger partial charge in [-0.25, -0.2) is 0 Å². The number of nitrogens with two attached hydrogens (primary N) is 1. The maximum atomic E-state index is 12.1. The molecule has 0 aromatic heterocycles. The zero-order valence-electron chi connectivity index (χ0n) is 21.5. The van der Waals surface area contributed by atoms with E-state index in [0.29, 0.717) is 43.5 Å². The highest BCUT2D eigenvalue weighted by Crippen LogP contribution is 2.31. The van der Waals surface area contributed by atoms with Gasteiger partial charge in [0.1, 0.15) is 6.10 Å². The van der Waals surface area contributed by atoms with Gasteiger partial charge in [-0.15, -0.1) is 12.4 Å². The first-order valence-electron chi connectivity index (χ1n) is 11.8. The predicted molar refractivity (Wildman–Crippen MR) is 137 cm³/mol. The fourth-order valence-electron chi connectivity index (χ4n) is 3.68. The standard InChI is InChI=1S/C25H44N2O6.ClH/c1-7-22(31-5)25(29)27-16-21(28)20(26)15-19(17(2)3)13-18-9-10-23(32-6)24(14-18)33-12-8-11-30-4;/h9-10,14,17,19-22,28H,7-8,11-13,15-16,26H2,1-6H3,(H,27,29);1H/t19-,20-,21-,22+;/m0./s1. The van der Waals surface area contributed by atoms with Gasteiger partial charge in [-0.3, -0.25) is 4.79 Å². The van der Waals surface area contributed by atoms with Crippen LogP contribution in [0.2, 0.25) is 0 Å². The van der Waals surface area contributed by atoms with Crippen molar-refractivity contribution in [3.05, 3.63) is 23.8 Å². The van der Waals surface area contributed by atoms with Crippen molar-refractivity contribution in [3.8, 4) is 11.5 Å². The summed E-state index contributed by atoms with van der Waals surface area (Å²) in [6, 6.07) is 5.51. The molecule has 0 aliphatic rings. The van der Waals surface area contributed by atoms with Crippen LogP contribution in [0, 0.1) is 11.8 Å². The van der Waals surface area contributed by atoms with Crippen LogP contribution in [0.3, 0.4) is 0 Å². The number of methoxy groups -OCH3 is 3. The minimum atomic E-state index is -0.833. The molecule has 0 bridgehead atoms. The molecule has 0 aliphatic heterocycles. The summed E-state index contributed by atoms with van der Waals surface area (Å²) in [6.45, 7) is 7.48. The molecule has 0 saturated heterocycles. The number of nitrogens with one attached hydrogen (secondary N) is 1. The van der Waals surface area contributed by atoms with Crippen LogP contribution in [0.25, 0.3) is 0 Å². The number of aliphatic hydroxyl groups excluding tert-OH is 1. The zero-order chi connectivity index (χ0) is 24.8. The molecule has 8 nitrogen and oxygen atoms in total. The van der Waals surface area contributed by atoms with E-state index in [2.05, 4.69) is 19.2 Å². The van der Waals surface area contributed by atoms with E-state index >= 15 is 0 Å². The fraction of sp³-hybridized carbons (Fsp3) is 0.720. The van der Waals surface area contributed by atoms with Crippen molar-refractivity contribution in [2.24, 2.45) is 17.6 Å². The Kier molecular flexibility index (Phi) is 17.0. The van der Waals surface area contributed by atoms with Gasteiger partial charge in [0, 0.05) is 39.8 Å². The van der Waals surface area contributed by atoms with Crippen molar-refractivity contribution in [1.82, 2.24) is 5.32 Å². The normalized spacial score (nSPS) is 14.6.